The summed E-state index contributed by atoms with van der Waals surface area (Å²) in [6.07, 6.45) is 4.16. The minimum Gasteiger partial charge on any atom is -0.507 e. The fourth-order valence-electron chi connectivity index (χ4n) is 5.01. The van der Waals surface area contributed by atoms with Crippen LogP contribution in [0.5, 0.6) is 11.5 Å². The second kappa shape index (κ2) is 15.0. The molecule has 0 bridgehead atoms. The van der Waals surface area contributed by atoms with Crippen molar-refractivity contribution in [3.05, 3.63) is 132 Å². The maximum Gasteiger partial charge on any atom is 0.300 e. The summed E-state index contributed by atoms with van der Waals surface area (Å²) in [6, 6.07) is 37.9. The molecule has 3 N–H and O–H groups in total. The molecule has 7 heteroatoms. The number of hydrogen-bond donors (Lipinski definition) is 3. The monoisotopic (exact) mass is 627 g/mol. The Morgan fingerprint density at radius 1 is 0.682 bits per heavy atom. The number of aliphatic imine (C=N–C) groups is 2. The van der Waals surface area contributed by atoms with E-state index in [0.717, 1.165) is 28.5 Å². The number of rotatable bonds is 7. The van der Waals surface area contributed by atoms with Crippen molar-refractivity contribution in [3.8, 4) is 11.5 Å². The van der Waals surface area contributed by atoms with Gasteiger partial charge in [0.2, 0.25) is 0 Å². The summed E-state index contributed by atoms with van der Waals surface area (Å²) in [4.78, 5) is 18.6. The normalized spacial score (nSPS) is 11.8. The summed E-state index contributed by atoms with van der Waals surface area (Å²) < 4.78 is 0. The molecule has 0 aliphatic heterocycles. The fourth-order valence-corrected chi connectivity index (χ4v) is 5.01. The first-order valence-corrected chi connectivity index (χ1v) is 14.0. The Kier molecular flexibility index (Phi) is 10.9. The molecule has 223 valence electrons. The van der Waals surface area contributed by atoms with E-state index in [0.29, 0.717) is 24.1 Å². The number of fused-ring (bicyclic) bond motifs is 3. The first-order valence-electron chi connectivity index (χ1n) is 14.0. The zero-order valence-electron chi connectivity index (χ0n) is 24.1. The van der Waals surface area contributed by atoms with Gasteiger partial charge in [-0.25, -0.2) is 0 Å². The van der Waals surface area contributed by atoms with Crippen molar-refractivity contribution in [1.29, 1.82) is 0 Å². The summed E-state index contributed by atoms with van der Waals surface area (Å²) in [5.41, 5.74) is 2.52. The Hall–Kier alpha value is -4.98. The van der Waals surface area contributed by atoms with Crippen LogP contribution in [0, 0.1) is 0 Å². The van der Waals surface area contributed by atoms with Crippen LogP contribution in [0.15, 0.2) is 125 Å². The van der Waals surface area contributed by atoms with Crippen LogP contribution in [0.1, 0.15) is 23.6 Å². The number of carboxylic acid groups (broad SMARTS) is 1. The van der Waals surface area contributed by atoms with E-state index in [9.17, 15) is 10.2 Å². The number of aromatic hydroxyl groups is 2. The number of nitrogens with zero attached hydrogens (tertiary/aromatic N) is 2. The predicted octanol–water partition coefficient (Wildman–Crippen LogP) is 7.80. The molecule has 0 spiro atoms. The van der Waals surface area contributed by atoms with Crippen LogP contribution in [0.2, 0.25) is 0 Å². The summed E-state index contributed by atoms with van der Waals surface area (Å²) >= 11 is 0. The van der Waals surface area contributed by atoms with Gasteiger partial charge in [0.05, 0.1) is 12.6 Å². The number of phenolic OH excluding ortho intramolecular Hbond substituents is 2. The molecule has 0 amide bonds. The molecule has 1 radical (unpaired) electrons. The third kappa shape index (κ3) is 7.89. The average molecular weight is 628 g/mol. The molecule has 6 rings (SSSR count). The zero-order chi connectivity index (χ0) is 30.2. The summed E-state index contributed by atoms with van der Waals surface area (Å²) in [5.74, 6) is -0.376. The van der Waals surface area contributed by atoms with Gasteiger partial charge in [-0.05, 0) is 45.7 Å². The van der Waals surface area contributed by atoms with E-state index in [1.54, 1.807) is 12.4 Å². The van der Waals surface area contributed by atoms with E-state index in [-0.39, 0.29) is 34.3 Å². The van der Waals surface area contributed by atoms with Gasteiger partial charge in [0.25, 0.3) is 5.97 Å². The second-order valence-corrected chi connectivity index (χ2v) is 10.3. The van der Waals surface area contributed by atoms with Gasteiger partial charge in [-0.2, -0.15) is 0 Å². The topological polar surface area (TPSA) is 102 Å². The van der Waals surface area contributed by atoms with Gasteiger partial charge < -0.3 is 15.3 Å². The number of carbonyl (C=O) groups is 1. The quantitative estimate of drug-likeness (QED) is 0.157. The van der Waals surface area contributed by atoms with Crippen LogP contribution in [0.3, 0.4) is 0 Å². The fraction of sp³-hybridized carbons (Fsp3) is 0.108. The molecule has 1 atom stereocenters. The largest absolute Gasteiger partial charge is 0.507 e. The van der Waals surface area contributed by atoms with E-state index < -0.39 is 5.97 Å². The standard InChI is InChI=1S/C35H28N2O2.C2H4O2.Co/c38-34-29(17-15-26-8-3-5-11-32(26)34)21-36-23-31(20-24-13-14-25-7-1-2-10-28(25)19-24)37-22-30-18-16-27-9-4-6-12-33(27)35(30)39;1-2(3)4;/h1-19,21-22,31,38-39H,20,23H2;1H3,(H,3,4);. The van der Waals surface area contributed by atoms with Crippen LogP contribution in [0.25, 0.3) is 32.3 Å². The molecule has 1 unspecified atom stereocenters. The molecule has 6 aromatic rings. The smallest absolute Gasteiger partial charge is 0.300 e. The minimum atomic E-state index is -0.833. The van der Waals surface area contributed by atoms with Crippen LogP contribution in [0.4, 0.5) is 0 Å². The van der Waals surface area contributed by atoms with Crippen molar-refractivity contribution in [1.82, 2.24) is 0 Å². The third-order valence-corrected chi connectivity index (χ3v) is 7.12. The van der Waals surface area contributed by atoms with Crippen molar-refractivity contribution in [3.63, 3.8) is 0 Å². The molecule has 0 heterocycles. The van der Waals surface area contributed by atoms with E-state index in [1.165, 1.54) is 16.3 Å². The maximum atomic E-state index is 10.9. The number of hydrogen-bond acceptors (Lipinski definition) is 5. The molecule has 0 aliphatic rings. The Balaban J connectivity index is 0.000000834. The first kappa shape index (κ1) is 31.9. The molecule has 0 saturated carbocycles. The molecule has 6 aromatic carbocycles. The van der Waals surface area contributed by atoms with Gasteiger partial charge >= 0.3 is 0 Å². The van der Waals surface area contributed by atoms with Gasteiger partial charge in [-0.3, -0.25) is 14.8 Å². The van der Waals surface area contributed by atoms with Gasteiger partial charge in [0.15, 0.2) is 0 Å². The van der Waals surface area contributed by atoms with Crippen molar-refractivity contribution in [2.45, 2.75) is 19.4 Å². The van der Waals surface area contributed by atoms with E-state index in [1.807, 2.05) is 84.9 Å². The van der Waals surface area contributed by atoms with Gasteiger partial charge in [-0.15, -0.1) is 0 Å². The van der Waals surface area contributed by atoms with Crippen molar-refractivity contribution < 1.29 is 36.9 Å². The third-order valence-electron chi connectivity index (χ3n) is 7.12. The molecule has 0 aliphatic carbocycles. The minimum absolute atomic E-state index is 0. The Bertz CT molecular complexity index is 1970. The number of aliphatic carboxylic acids is 1. The summed E-state index contributed by atoms with van der Waals surface area (Å²) in [6.45, 7) is 1.52. The Morgan fingerprint density at radius 3 is 1.75 bits per heavy atom. The molecule has 44 heavy (non-hydrogen) atoms. The molecule has 0 aromatic heterocycles. The van der Waals surface area contributed by atoms with Gasteiger partial charge in [-0.1, -0.05) is 103 Å². The zero-order valence-corrected chi connectivity index (χ0v) is 25.1. The second-order valence-electron chi connectivity index (χ2n) is 10.3. The Morgan fingerprint density at radius 2 is 1.16 bits per heavy atom. The van der Waals surface area contributed by atoms with Gasteiger partial charge in [0.1, 0.15) is 11.5 Å². The van der Waals surface area contributed by atoms with Crippen molar-refractivity contribution in [2.75, 3.05) is 6.54 Å². The average Bonchev–Trinajstić information content (AvgIpc) is 3.01. The van der Waals surface area contributed by atoms with Crippen LogP contribution >= 0.6 is 0 Å². The SMILES string of the molecule is CC(=O)O.Oc1c(C=NCC(Cc2ccc3ccccc3c2)N=Cc2ccc3ccccc3c2O)ccc2ccccc12.[Co]. The van der Waals surface area contributed by atoms with Crippen LogP contribution in [-0.4, -0.2) is 46.3 Å². The van der Waals surface area contributed by atoms with Crippen molar-refractivity contribution >= 4 is 50.7 Å². The molecule has 0 saturated heterocycles. The molecule has 0 fully saturated rings. The molecule has 6 nitrogen and oxygen atoms in total. The van der Waals surface area contributed by atoms with E-state index in [2.05, 4.69) is 30.3 Å². The number of benzene rings is 6. The maximum absolute atomic E-state index is 10.9. The van der Waals surface area contributed by atoms with Crippen LogP contribution < -0.4 is 0 Å². The summed E-state index contributed by atoms with van der Waals surface area (Å²) in [7, 11) is 0. The summed E-state index contributed by atoms with van der Waals surface area (Å²) in [5, 5.41) is 35.0. The Labute approximate surface area is 266 Å². The number of phenols is 2. The first-order chi connectivity index (χ1) is 20.9. The van der Waals surface area contributed by atoms with E-state index in [4.69, 9.17) is 19.9 Å². The van der Waals surface area contributed by atoms with Gasteiger partial charge in [0, 0.05) is 58.0 Å². The predicted molar refractivity (Wildman–Crippen MR) is 176 cm³/mol. The van der Waals surface area contributed by atoms with E-state index >= 15 is 0 Å². The molecular formula is C37H32CoN2O4. The number of carboxylic acids is 1. The van der Waals surface area contributed by atoms with Crippen molar-refractivity contribution in [2.24, 2.45) is 9.98 Å². The van der Waals surface area contributed by atoms with Crippen LogP contribution in [-0.2, 0) is 28.0 Å². The molecular weight excluding hydrogens is 595 g/mol.